The number of rotatable bonds is 8. The first-order chi connectivity index (χ1) is 7.08. The van der Waals surface area contributed by atoms with Crippen LogP contribution in [0.15, 0.2) is 0 Å². The molecule has 1 amide bonds. The van der Waals surface area contributed by atoms with E-state index in [1.54, 1.807) is 7.05 Å². The van der Waals surface area contributed by atoms with E-state index in [2.05, 4.69) is 5.32 Å². The number of primary amides is 1. The van der Waals surface area contributed by atoms with Gasteiger partial charge in [-0.05, 0) is 45.6 Å². The zero-order chi connectivity index (χ0) is 11.3. The molecule has 1 unspecified atom stereocenters. The van der Waals surface area contributed by atoms with Gasteiger partial charge in [-0.1, -0.05) is 0 Å². The number of likely N-dealkylation sites (N-methyl/N-ethyl adjacent to an activating group) is 1. The van der Waals surface area contributed by atoms with E-state index >= 15 is 0 Å². The Bertz CT molecular complexity index is 217. The van der Waals surface area contributed by atoms with Crippen molar-refractivity contribution in [2.75, 3.05) is 20.3 Å². The van der Waals surface area contributed by atoms with Gasteiger partial charge in [-0.3, -0.25) is 4.79 Å². The molecule has 0 aromatic heterocycles. The zero-order valence-electron chi connectivity index (χ0n) is 9.71. The number of ether oxygens (including phenoxy) is 1. The monoisotopic (exact) mass is 214 g/mol. The highest BCUT2D eigenvalue weighted by molar-refractivity contribution is 5.84. The summed E-state index contributed by atoms with van der Waals surface area (Å²) in [5, 5.41) is 2.96. The van der Waals surface area contributed by atoms with E-state index in [-0.39, 0.29) is 5.91 Å². The minimum atomic E-state index is -0.594. The molecule has 1 atom stereocenters. The third-order valence-electron chi connectivity index (χ3n) is 3.11. The Kier molecular flexibility index (Phi) is 4.54. The van der Waals surface area contributed by atoms with Gasteiger partial charge in [-0.2, -0.15) is 0 Å². The van der Waals surface area contributed by atoms with Crippen LogP contribution in [-0.4, -0.2) is 31.7 Å². The summed E-state index contributed by atoms with van der Waals surface area (Å²) in [6.07, 6.45) is 4.22. The van der Waals surface area contributed by atoms with Crippen molar-refractivity contribution in [1.82, 2.24) is 5.32 Å². The van der Waals surface area contributed by atoms with Gasteiger partial charge in [-0.25, -0.2) is 0 Å². The third-order valence-corrected chi connectivity index (χ3v) is 3.11. The summed E-state index contributed by atoms with van der Waals surface area (Å²) < 4.78 is 5.50. The molecule has 15 heavy (non-hydrogen) atoms. The fraction of sp³-hybridized carbons (Fsp3) is 0.909. The van der Waals surface area contributed by atoms with Crippen LogP contribution in [0.5, 0.6) is 0 Å². The Morgan fingerprint density at radius 2 is 2.27 bits per heavy atom. The Balaban J connectivity index is 2.07. The first-order valence-electron chi connectivity index (χ1n) is 5.65. The highest BCUT2D eigenvalue weighted by Crippen LogP contribution is 2.28. The molecular formula is C11H22N2O2. The molecule has 1 saturated carbocycles. The summed E-state index contributed by atoms with van der Waals surface area (Å²) in [5.41, 5.74) is 4.72. The predicted molar refractivity (Wildman–Crippen MR) is 59.4 cm³/mol. The molecule has 4 heteroatoms. The van der Waals surface area contributed by atoms with Crippen molar-refractivity contribution < 1.29 is 9.53 Å². The van der Waals surface area contributed by atoms with Crippen LogP contribution < -0.4 is 11.1 Å². The lowest BCUT2D eigenvalue weighted by Gasteiger charge is -2.25. The van der Waals surface area contributed by atoms with Crippen molar-refractivity contribution in [3.05, 3.63) is 0 Å². The number of carbonyl (C=O) groups is 1. The van der Waals surface area contributed by atoms with E-state index in [9.17, 15) is 4.79 Å². The van der Waals surface area contributed by atoms with Gasteiger partial charge in [-0.15, -0.1) is 0 Å². The van der Waals surface area contributed by atoms with E-state index < -0.39 is 5.54 Å². The number of hydrogen-bond acceptors (Lipinski definition) is 3. The molecule has 0 spiro atoms. The zero-order valence-corrected chi connectivity index (χ0v) is 9.71. The van der Waals surface area contributed by atoms with Crippen molar-refractivity contribution in [2.45, 2.75) is 38.1 Å². The number of amides is 1. The molecule has 1 rings (SSSR count). The lowest BCUT2D eigenvalue weighted by molar-refractivity contribution is -0.124. The maximum Gasteiger partial charge on any atom is 0.237 e. The lowest BCUT2D eigenvalue weighted by Crippen LogP contribution is -2.51. The van der Waals surface area contributed by atoms with E-state index in [0.717, 1.165) is 32.0 Å². The molecule has 0 aromatic carbocycles. The highest BCUT2D eigenvalue weighted by atomic mass is 16.5. The van der Waals surface area contributed by atoms with Crippen LogP contribution in [0.2, 0.25) is 0 Å². The molecule has 0 saturated heterocycles. The van der Waals surface area contributed by atoms with Gasteiger partial charge < -0.3 is 15.8 Å². The minimum Gasteiger partial charge on any atom is -0.381 e. The topological polar surface area (TPSA) is 64.3 Å². The number of nitrogens with two attached hydrogens (primary N) is 1. The third kappa shape index (κ3) is 4.18. The van der Waals surface area contributed by atoms with Gasteiger partial charge in [0.25, 0.3) is 0 Å². The van der Waals surface area contributed by atoms with Crippen molar-refractivity contribution in [1.29, 1.82) is 0 Å². The summed E-state index contributed by atoms with van der Waals surface area (Å²) >= 11 is 0. The standard InChI is InChI=1S/C11H22N2O2/c1-11(13-2,10(12)14)6-3-7-15-8-9-4-5-9/h9,13H,3-8H2,1-2H3,(H2,12,14). The molecule has 0 bridgehead atoms. The smallest absolute Gasteiger partial charge is 0.237 e. The second-order valence-electron chi connectivity index (χ2n) is 4.57. The van der Waals surface area contributed by atoms with Gasteiger partial charge in [0, 0.05) is 13.2 Å². The molecule has 1 fully saturated rings. The van der Waals surface area contributed by atoms with Crippen molar-refractivity contribution in [2.24, 2.45) is 11.7 Å². The number of nitrogens with one attached hydrogen (secondary N) is 1. The first-order valence-corrected chi connectivity index (χ1v) is 5.65. The van der Waals surface area contributed by atoms with Gasteiger partial charge in [0.15, 0.2) is 0 Å². The van der Waals surface area contributed by atoms with Crippen LogP contribution in [0.3, 0.4) is 0 Å². The SMILES string of the molecule is CNC(C)(CCCOCC1CC1)C(N)=O. The fourth-order valence-corrected chi connectivity index (χ4v) is 1.43. The van der Waals surface area contributed by atoms with Gasteiger partial charge >= 0.3 is 0 Å². The van der Waals surface area contributed by atoms with Crippen molar-refractivity contribution >= 4 is 5.91 Å². The highest BCUT2D eigenvalue weighted by Gasteiger charge is 2.28. The molecule has 88 valence electrons. The molecule has 0 radical (unpaired) electrons. The molecule has 3 N–H and O–H groups in total. The number of hydrogen-bond donors (Lipinski definition) is 2. The second kappa shape index (κ2) is 5.47. The maximum absolute atomic E-state index is 11.2. The average molecular weight is 214 g/mol. The van der Waals surface area contributed by atoms with E-state index in [0.29, 0.717) is 0 Å². The minimum absolute atomic E-state index is 0.299. The van der Waals surface area contributed by atoms with Crippen molar-refractivity contribution in [3.8, 4) is 0 Å². The van der Waals surface area contributed by atoms with Gasteiger partial charge in [0.1, 0.15) is 0 Å². The normalized spacial score (nSPS) is 19.9. The average Bonchev–Trinajstić information content (AvgIpc) is 3.00. The van der Waals surface area contributed by atoms with E-state index in [1.165, 1.54) is 12.8 Å². The molecule has 4 nitrogen and oxygen atoms in total. The molecule has 1 aliphatic rings. The fourth-order valence-electron chi connectivity index (χ4n) is 1.43. The first kappa shape index (κ1) is 12.5. The van der Waals surface area contributed by atoms with Gasteiger partial charge in [0.05, 0.1) is 5.54 Å². The molecule has 1 aliphatic carbocycles. The Hall–Kier alpha value is -0.610. The Morgan fingerprint density at radius 1 is 1.60 bits per heavy atom. The molecule has 0 heterocycles. The largest absolute Gasteiger partial charge is 0.381 e. The molecular weight excluding hydrogens is 192 g/mol. The van der Waals surface area contributed by atoms with Gasteiger partial charge in [0.2, 0.25) is 5.91 Å². The van der Waals surface area contributed by atoms with Crippen LogP contribution in [0.25, 0.3) is 0 Å². The van der Waals surface area contributed by atoms with E-state index in [1.807, 2.05) is 6.92 Å². The van der Waals surface area contributed by atoms with Crippen LogP contribution in [0.4, 0.5) is 0 Å². The Morgan fingerprint density at radius 3 is 2.73 bits per heavy atom. The van der Waals surface area contributed by atoms with E-state index in [4.69, 9.17) is 10.5 Å². The summed E-state index contributed by atoms with van der Waals surface area (Å²) in [4.78, 5) is 11.2. The summed E-state index contributed by atoms with van der Waals surface area (Å²) in [7, 11) is 1.76. The van der Waals surface area contributed by atoms with Crippen LogP contribution in [-0.2, 0) is 9.53 Å². The van der Waals surface area contributed by atoms with Crippen LogP contribution in [0, 0.1) is 5.92 Å². The Labute approximate surface area is 91.5 Å². The van der Waals surface area contributed by atoms with Crippen LogP contribution in [0.1, 0.15) is 32.6 Å². The molecule has 0 aliphatic heterocycles. The lowest BCUT2D eigenvalue weighted by atomic mass is 9.95. The molecule has 0 aromatic rings. The summed E-state index contributed by atoms with van der Waals surface area (Å²) in [6, 6.07) is 0. The summed E-state index contributed by atoms with van der Waals surface area (Å²) in [6.45, 7) is 3.43. The summed E-state index contributed by atoms with van der Waals surface area (Å²) in [5.74, 6) is 0.504. The van der Waals surface area contributed by atoms with Crippen molar-refractivity contribution in [3.63, 3.8) is 0 Å². The quantitative estimate of drug-likeness (QED) is 0.583. The van der Waals surface area contributed by atoms with Crippen LogP contribution >= 0.6 is 0 Å². The predicted octanol–water partition coefficient (Wildman–Crippen LogP) is 0.657. The number of carbonyl (C=O) groups excluding carboxylic acids is 1. The second-order valence-corrected chi connectivity index (χ2v) is 4.57. The maximum atomic E-state index is 11.2.